The minimum Gasteiger partial charge on any atom is -0.490 e. The van der Waals surface area contributed by atoms with Crippen LogP contribution in [0.3, 0.4) is 0 Å². The number of likely N-dealkylation sites (N-methyl/N-ethyl adjacent to an activating group) is 1. The number of amides is 1. The smallest absolute Gasteiger partial charge is 0.253 e. The molecule has 0 saturated carbocycles. The molecule has 0 atom stereocenters. The summed E-state index contributed by atoms with van der Waals surface area (Å²) in [6.45, 7) is 9.04. The van der Waals surface area contributed by atoms with E-state index >= 15 is 0 Å². The van der Waals surface area contributed by atoms with Crippen LogP contribution in [0, 0.1) is 0 Å². The normalized spacial score (nSPS) is 16.6. The van der Waals surface area contributed by atoms with Gasteiger partial charge in [0.05, 0.1) is 18.9 Å². The number of carbonyl (C=O) groups is 1. The molecular weight excluding hydrogens is 528 g/mol. The van der Waals surface area contributed by atoms with Gasteiger partial charge in [0, 0.05) is 94.4 Å². The molecule has 2 saturated heterocycles. The molecule has 0 aliphatic carbocycles. The van der Waals surface area contributed by atoms with Gasteiger partial charge in [-0.05, 0) is 48.5 Å². The van der Waals surface area contributed by atoms with Gasteiger partial charge >= 0.3 is 0 Å². The lowest BCUT2D eigenvalue weighted by Crippen LogP contribution is -2.44. The van der Waals surface area contributed by atoms with Crippen LogP contribution >= 0.6 is 0 Å². The first-order valence-corrected chi connectivity index (χ1v) is 14.8. The maximum atomic E-state index is 12.4. The minimum atomic E-state index is -0.00702. The van der Waals surface area contributed by atoms with E-state index < -0.39 is 0 Å². The predicted molar refractivity (Wildman–Crippen MR) is 167 cm³/mol. The van der Waals surface area contributed by atoms with Crippen molar-refractivity contribution in [3.05, 3.63) is 66.5 Å². The van der Waals surface area contributed by atoms with Crippen LogP contribution < -0.4 is 9.64 Å². The van der Waals surface area contributed by atoms with E-state index in [4.69, 9.17) is 14.5 Å². The number of anilines is 1. The maximum absolute atomic E-state index is 12.4. The van der Waals surface area contributed by atoms with Gasteiger partial charge in [-0.3, -0.25) is 9.69 Å². The molecule has 1 N–H and O–H groups in total. The molecule has 1 amide bonds. The van der Waals surface area contributed by atoms with Crippen molar-refractivity contribution in [3.63, 3.8) is 0 Å². The molecule has 9 nitrogen and oxygen atoms in total. The average Bonchev–Trinajstić information content (AvgIpc) is 3.45. The number of aromatic amines is 1. The lowest BCUT2D eigenvalue weighted by molar-refractivity contribution is 0.0323. The van der Waals surface area contributed by atoms with Crippen molar-refractivity contribution < 1.29 is 14.3 Å². The topological polar surface area (TPSA) is 77.2 Å². The summed E-state index contributed by atoms with van der Waals surface area (Å²) in [6.07, 6.45) is 3.91. The number of hydrogen-bond acceptors (Lipinski definition) is 7. The van der Waals surface area contributed by atoms with Gasteiger partial charge in [0.1, 0.15) is 18.0 Å². The third-order valence-electron chi connectivity index (χ3n) is 8.29. The van der Waals surface area contributed by atoms with Crippen LogP contribution in [0.25, 0.3) is 33.3 Å². The van der Waals surface area contributed by atoms with Gasteiger partial charge in [0.15, 0.2) is 0 Å². The van der Waals surface area contributed by atoms with Crippen LogP contribution in [-0.4, -0.2) is 117 Å². The number of ether oxygens (including phenoxy) is 2. The van der Waals surface area contributed by atoms with Crippen molar-refractivity contribution in [2.45, 2.75) is 0 Å². The molecule has 4 aromatic rings. The van der Waals surface area contributed by atoms with E-state index in [1.807, 2.05) is 36.7 Å². The molecule has 6 rings (SSSR count). The van der Waals surface area contributed by atoms with Crippen molar-refractivity contribution in [1.82, 2.24) is 24.7 Å². The van der Waals surface area contributed by atoms with Crippen LogP contribution in [0.4, 0.5) is 5.69 Å². The van der Waals surface area contributed by atoms with E-state index in [0.717, 1.165) is 104 Å². The summed E-state index contributed by atoms with van der Waals surface area (Å²) in [5.41, 5.74) is 6.85. The Bertz CT molecular complexity index is 1520. The van der Waals surface area contributed by atoms with E-state index in [1.165, 1.54) is 0 Å². The molecule has 0 spiro atoms. The molecule has 2 aromatic carbocycles. The Kier molecular flexibility index (Phi) is 8.41. The number of nitrogens with zero attached hydrogens (tertiary/aromatic N) is 5. The molecule has 220 valence electrons. The van der Waals surface area contributed by atoms with Gasteiger partial charge in [-0.2, -0.15) is 0 Å². The summed E-state index contributed by atoms with van der Waals surface area (Å²) in [4.78, 5) is 29.2. The van der Waals surface area contributed by atoms with E-state index in [0.29, 0.717) is 12.2 Å². The summed E-state index contributed by atoms with van der Waals surface area (Å²) in [7, 11) is 5.71. The third-order valence-corrected chi connectivity index (χ3v) is 8.29. The Morgan fingerprint density at radius 2 is 1.69 bits per heavy atom. The molecular formula is C33H40N6O3. The summed E-state index contributed by atoms with van der Waals surface area (Å²) in [6, 6.07) is 16.5. The SMILES string of the molecule is CN1CCN(c2ccc(-c3cnc4[nH]cc(-c5ccc(C(=O)N(C)C)cc5)c4c3)cc2OCCN2CCOCC2)CC1. The lowest BCUT2D eigenvalue weighted by atomic mass is 10.0. The number of carbonyl (C=O) groups excluding carboxylic acids is 1. The standard InChI is InChI=1S/C33H40N6O3/c1-36(2)33(40)25-6-4-24(5-7-25)29-23-35-32-28(29)20-27(22-34-32)26-8-9-30(39-12-10-37(3)11-13-39)31(21-26)42-19-16-38-14-17-41-18-15-38/h4-9,20-23H,10-19H2,1-3H3,(H,34,35). The average molecular weight is 569 g/mol. The fourth-order valence-electron chi connectivity index (χ4n) is 5.68. The maximum Gasteiger partial charge on any atom is 0.253 e. The number of benzene rings is 2. The van der Waals surface area contributed by atoms with E-state index in [9.17, 15) is 4.79 Å². The first kappa shape index (κ1) is 28.2. The van der Waals surface area contributed by atoms with Gasteiger partial charge < -0.3 is 29.2 Å². The number of pyridine rings is 1. The molecule has 4 heterocycles. The number of hydrogen-bond donors (Lipinski definition) is 1. The van der Waals surface area contributed by atoms with Crippen LogP contribution in [0.1, 0.15) is 10.4 Å². The molecule has 0 unspecified atom stereocenters. The Morgan fingerprint density at radius 3 is 2.43 bits per heavy atom. The van der Waals surface area contributed by atoms with Crippen LogP contribution in [0.5, 0.6) is 5.75 Å². The van der Waals surface area contributed by atoms with Gasteiger partial charge in [0.2, 0.25) is 0 Å². The first-order chi connectivity index (χ1) is 20.5. The Balaban J connectivity index is 1.28. The molecule has 2 aliphatic rings. The zero-order valence-corrected chi connectivity index (χ0v) is 24.8. The van der Waals surface area contributed by atoms with Gasteiger partial charge in [-0.25, -0.2) is 4.98 Å². The Hall–Kier alpha value is -3.92. The highest BCUT2D eigenvalue weighted by Crippen LogP contribution is 2.36. The highest BCUT2D eigenvalue weighted by Gasteiger charge is 2.20. The zero-order chi connectivity index (χ0) is 29.1. The number of rotatable bonds is 8. The molecule has 2 fully saturated rings. The first-order valence-electron chi connectivity index (χ1n) is 14.8. The predicted octanol–water partition coefficient (Wildman–Crippen LogP) is 4.06. The summed E-state index contributed by atoms with van der Waals surface area (Å²) < 4.78 is 12.0. The molecule has 2 aliphatic heterocycles. The number of nitrogens with one attached hydrogen (secondary N) is 1. The number of H-pyrrole nitrogens is 1. The summed E-state index contributed by atoms with van der Waals surface area (Å²) >= 11 is 0. The highest BCUT2D eigenvalue weighted by molar-refractivity contribution is 5.98. The summed E-state index contributed by atoms with van der Waals surface area (Å²) in [5.74, 6) is 0.910. The number of morpholine rings is 1. The zero-order valence-electron chi connectivity index (χ0n) is 24.8. The molecule has 0 bridgehead atoms. The highest BCUT2D eigenvalue weighted by atomic mass is 16.5. The van der Waals surface area contributed by atoms with E-state index in [1.54, 1.807) is 19.0 Å². The van der Waals surface area contributed by atoms with Crippen molar-refractivity contribution in [1.29, 1.82) is 0 Å². The second-order valence-corrected chi connectivity index (χ2v) is 11.4. The largest absolute Gasteiger partial charge is 0.490 e. The second kappa shape index (κ2) is 12.5. The molecule has 0 radical (unpaired) electrons. The van der Waals surface area contributed by atoms with E-state index in [2.05, 4.69) is 51.0 Å². The fourth-order valence-corrected chi connectivity index (χ4v) is 5.68. The molecule has 2 aromatic heterocycles. The Morgan fingerprint density at radius 1 is 0.952 bits per heavy atom. The van der Waals surface area contributed by atoms with Gasteiger partial charge in [-0.1, -0.05) is 18.2 Å². The number of piperazine rings is 1. The number of aromatic nitrogens is 2. The fraction of sp³-hybridized carbons (Fsp3) is 0.394. The van der Waals surface area contributed by atoms with E-state index in [-0.39, 0.29) is 5.91 Å². The quantitative estimate of drug-likeness (QED) is 0.344. The molecule has 42 heavy (non-hydrogen) atoms. The monoisotopic (exact) mass is 568 g/mol. The van der Waals surface area contributed by atoms with Gasteiger partial charge in [-0.15, -0.1) is 0 Å². The van der Waals surface area contributed by atoms with Crippen LogP contribution in [0.2, 0.25) is 0 Å². The van der Waals surface area contributed by atoms with Crippen molar-refractivity contribution >= 4 is 22.6 Å². The van der Waals surface area contributed by atoms with Crippen molar-refractivity contribution in [3.8, 4) is 28.0 Å². The Labute approximate surface area is 247 Å². The third kappa shape index (κ3) is 6.13. The molecule has 9 heteroatoms. The van der Waals surface area contributed by atoms with Crippen molar-refractivity contribution in [2.24, 2.45) is 0 Å². The van der Waals surface area contributed by atoms with Crippen molar-refractivity contribution in [2.75, 3.05) is 91.7 Å². The van der Waals surface area contributed by atoms with Crippen LogP contribution in [0.15, 0.2) is 60.9 Å². The van der Waals surface area contributed by atoms with Gasteiger partial charge in [0.25, 0.3) is 5.91 Å². The summed E-state index contributed by atoms with van der Waals surface area (Å²) in [5, 5.41) is 1.04. The minimum absolute atomic E-state index is 0.00702. The second-order valence-electron chi connectivity index (χ2n) is 11.4. The van der Waals surface area contributed by atoms with Crippen LogP contribution in [-0.2, 0) is 4.74 Å². The number of fused-ring (bicyclic) bond motifs is 1. The lowest BCUT2D eigenvalue weighted by Gasteiger charge is -2.35.